The Bertz CT molecular complexity index is 655. The zero-order chi connectivity index (χ0) is 16.3. The Labute approximate surface area is 139 Å². The molecule has 1 fully saturated rings. The van der Waals surface area contributed by atoms with Gasteiger partial charge in [0.2, 0.25) is 10.0 Å². The predicted octanol–water partition coefficient (Wildman–Crippen LogP) is 2.98. The minimum Gasteiger partial charge on any atom is -0.481 e. The van der Waals surface area contributed by atoms with Gasteiger partial charge in [0.05, 0.1) is 15.8 Å². The van der Waals surface area contributed by atoms with E-state index in [1.807, 2.05) is 6.26 Å². The lowest BCUT2D eigenvalue weighted by Crippen LogP contribution is -2.38. The Morgan fingerprint density at radius 3 is 2.45 bits per heavy atom. The molecule has 0 saturated heterocycles. The van der Waals surface area contributed by atoms with Crippen LogP contribution in [0.3, 0.4) is 0 Å². The molecule has 1 aromatic rings. The minimum atomic E-state index is -3.64. The average molecular weight is 364 g/mol. The smallest absolute Gasteiger partial charge is 0.306 e. The molecule has 22 heavy (non-hydrogen) atoms. The lowest BCUT2D eigenvalue weighted by atomic mass is 9.87. The Morgan fingerprint density at radius 1 is 1.32 bits per heavy atom. The number of aliphatic carboxylic acids is 1. The van der Waals surface area contributed by atoms with Gasteiger partial charge in [-0.2, -0.15) is 0 Å². The third kappa shape index (κ3) is 4.16. The molecule has 0 bridgehead atoms. The summed E-state index contributed by atoms with van der Waals surface area (Å²) in [7, 11) is -3.64. The maximum absolute atomic E-state index is 12.4. The van der Waals surface area contributed by atoms with Gasteiger partial charge in [-0.05, 0) is 50.1 Å². The number of rotatable bonds is 5. The Balaban J connectivity index is 2.06. The van der Waals surface area contributed by atoms with Gasteiger partial charge < -0.3 is 5.11 Å². The third-order valence-corrected chi connectivity index (χ3v) is 6.57. The number of thioether (sulfide) groups is 1. The van der Waals surface area contributed by atoms with Crippen LogP contribution in [0.5, 0.6) is 0 Å². The summed E-state index contributed by atoms with van der Waals surface area (Å²) in [6, 6.07) is 4.43. The molecular weight excluding hydrogens is 346 g/mol. The highest BCUT2D eigenvalue weighted by Gasteiger charge is 2.29. The minimum absolute atomic E-state index is 0.135. The summed E-state index contributed by atoms with van der Waals surface area (Å²) in [6.07, 6.45) is 3.93. The van der Waals surface area contributed by atoms with Gasteiger partial charge in [-0.25, -0.2) is 13.1 Å². The molecule has 0 unspecified atom stereocenters. The molecule has 2 N–H and O–H groups in total. The molecule has 1 aromatic carbocycles. The molecule has 122 valence electrons. The van der Waals surface area contributed by atoms with Crippen molar-refractivity contribution in [2.75, 3.05) is 6.26 Å². The molecule has 0 spiro atoms. The highest BCUT2D eigenvalue weighted by atomic mass is 35.5. The van der Waals surface area contributed by atoms with Gasteiger partial charge in [0.15, 0.2) is 0 Å². The van der Waals surface area contributed by atoms with Crippen molar-refractivity contribution in [1.82, 2.24) is 4.72 Å². The second-order valence-corrected chi connectivity index (χ2v) is 8.27. The molecule has 0 aliphatic heterocycles. The Kier molecular flexibility index (Phi) is 5.76. The van der Waals surface area contributed by atoms with Gasteiger partial charge in [0, 0.05) is 10.9 Å². The van der Waals surface area contributed by atoms with Crippen LogP contribution >= 0.6 is 23.4 Å². The van der Waals surface area contributed by atoms with Gasteiger partial charge in [-0.1, -0.05) is 11.6 Å². The van der Waals surface area contributed by atoms with Crippen molar-refractivity contribution in [2.24, 2.45) is 5.92 Å². The fraction of sp³-hybridized carbons (Fsp3) is 0.500. The molecule has 0 heterocycles. The molecule has 8 heteroatoms. The first kappa shape index (κ1) is 17.6. The molecule has 1 aliphatic carbocycles. The van der Waals surface area contributed by atoms with Crippen LogP contribution in [-0.4, -0.2) is 31.8 Å². The maximum atomic E-state index is 12.4. The number of carbonyl (C=O) groups is 1. The van der Waals surface area contributed by atoms with E-state index < -0.39 is 16.0 Å². The normalized spacial score (nSPS) is 22.5. The number of sulfonamides is 1. The van der Waals surface area contributed by atoms with Crippen molar-refractivity contribution in [3.8, 4) is 0 Å². The van der Waals surface area contributed by atoms with Crippen LogP contribution in [0.4, 0.5) is 0 Å². The van der Waals surface area contributed by atoms with E-state index in [2.05, 4.69) is 4.72 Å². The molecular formula is C14H18ClNO4S2. The fourth-order valence-electron chi connectivity index (χ4n) is 2.56. The number of hydrogen-bond donors (Lipinski definition) is 2. The summed E-state index contributed by atoms with van der Waals surface area (Å²) in [5, 5.41) is 9.37. The van der Waals surface area contributed by atoms with Crippen molar-refractivity contribution in [3.05, 3.63) is 23.2 Å². The second kappa shape index (κ2) is 7.21. The monoisotopic (exact) mass is 363 g/mol. The van der Waals surface area contributed by atoms with E-state index in [0.29, 0.717) is 30.7 Å². The largest absolute Gasteiger partial charge is 0.481 e. The zero-order valence-corrected chi connectivity index (χ0v) is 14.5. The lowest BCUT2D eigenvalue weighted by Gasteiger charge is -2.26. The molecule has 0 amide bonds. The van der Waals surface area contributed by atoms with Gasteiger partial charge in [-0.15, -0.1) is 11.8 Å². The summed E-state index contributed by atoms with van der Waals surface area (Å²) in [5.74, 6) is -1.17. The Morgan fingerprint density at radius 2 is 1.95 bits per heavy atom. The first-order chi connectivity index (χ1) is 10.3. The molecule has 0 radical (unpaired) electrons. The van der Waals surface area contributed by atoms with Crippen molar-refractivity contribution >= 4 is 39.4 Å². The molecule has 1 saturated carbocycles. The van der Waals surface area contributed by atoms with Crippen molar-refractivity contribution < 1.29 is 18.3 Å². The average Bonchev–Trinajstić information content (AvgIpc) is 2.47. The van der Waals surface area contributed by atoms with E-state index in [1.165, 1.54) is 23.9 Å². The van der Waals surface area contributed by atoms with E-state index in [0.717, 1.165) is 4.90 Å². The van der Waals surface area contributed by atoms with Crippen LogP contribution in [0.25, 0.3) is 0 Å². The van der Waals surface area contributed by atoms with Gasteiger partial charge >= 0.3 is 5.97 Å². The lowest BCUT2D eigenvalue weighted by molar-refractivity contribution is -0.142. The van der Waals surface area contributed by atoms with Gasteiger partial charge in [0.1, 0.15) is 0 Å². The summed E-state index contributed by atoms with van der Waals surface area (Å²) in [6.45, 7) is 0. The highest BCUT2D eigenvalue weighted by Crippen LogP contribution is 2.29. The maximum Gasteiger partial charge on any atom is 0.306 e. The van der Waals surface area contributed by atoms with Crippen LogP contribution in [0.1, 0.15) is 25.7 Å². The van der Waals surface area contributed by atoms with Crippen molar-refractivity contribution in [3.63, 3.8) is 0 Å². The standard InChI is InChI=1S/C14H18ClNO4S2/c1-21-13-7-6-11(8-12(13)15)22(19,20)16-10-4-2-9(3-5-10)14(17)18/h6-10,16H,2-5H2,1H3,(H,17,18). The number of hydrogen-bond acceptors (Lipinski definition) is 4. The number of carboxylic acids is 1. The van der Waals surface area contributed by atoms with E-state index >= 15 is 0 Å². The van der Waals surface area contributed by atoms with Crippen LogP contribution in [0.15, 0.2) is 28.0 Å². The number of carboxylic acid groups (broad SMARTS) is 1. The second-order valence-electron chi connectivity index (χ2n) is 5.30. The van der Waals surface area contributed by atoms with Crippen LogP contribution in [0.2, 0.25) is 5.02 Å². The number of nitrogens with one attached hydrogen (secondary N) is 1. The van der Waals surface area contributed by atoms with Crippen molar-refractivity contribution in [1.29, 1.82) is 0 Å². The van der Waals surface area contributed by atoms with Crippen LogP contribution in [0, 0.1) is 5.92 Å². The van der Waals surface area contributed by atoms with E-state index in [-0.39, 0.29) is 16.9 Å². The quantitative estimate of drug-likeness (QED) is 0.786. The number of benzene rings is 1. The molecule has 0 aromatic heterocycles. The molecule has 0 atom stereocenters. The predicted molar refractivity (Wildman–Crippen MR) is 86.9 cm³/mol. The van der Waals surface area contributed by atoms with E-state index in [9.17, 15) is 13.2 Å². The number of halogens is 1. The van der Waals surface area contributed by atoms with E-state index in [1.54, 1.807) is 6.07 Å². The van der Waals surface area contributed by atoms with Gasteiger partial charge in [-0.3, -0.25) is 4.79 Å². The van der Waals surface area contributed by atoms with Crippen LogP contribution in [-0.2, 0) is 14.8 Å². The third-order valence-electron chi connectivity index (χ3n) is 3.83. The topological polar surface area (TPSA) is 83.5 Å². The first-order valence-corrected chi connectivity index (χ1v) is 10.0. The molecule has 5 nitrogen and oxygen atoms in total. The summed E-state index contributed by atoms with van der Waals surface area (Å²) >= 11 is 7.50. The SMILES string of the molecule is CSc1ccc(S(=O)(=O)NC2CCC(C(=O)O)CC2)cc1Cl. The molecule has 2 rings (SSSR count). The molecule has 1 aliphatic rings. The summed E-state index contributed by atoms with van der Waals surface area (Å²) < 4.78 is 27.4. The van der Waals surface area contributed by atoms with Gasteiger partial charge in [0.25, 0.3) is 0 Å². The first-order valence-electron chi connectivity index (χ1n) is 6.92. The highest BCUT2D eigenvalue weighted by molar-refractivity contribution is 7.98. The summed E-state index contributed by atoms with van der Waals surface area (Å²) in [5.41, 5.74) is 0. The van der Waals surface area contributed by atoms with Crippen molar-refractivity contribution in [2.45, 2.75) is 41.5 Å². The summed E-state index contributed by atoms with van der Waals surface area (Å²) in [4.78, 5) is 11.9. The fourth-order valence-corrected chi connectivity index (χ4v) is 4.83. The zero-order valence-electron chi connectivity index (χ0n) is 12.1. The Hall–Kier alpha value is -0.760. The van der Waals surface area contributed by atoms with Crippen LogP contribution < -0.4 is 4.72 Å². The van der Waals surface area contributed by atoms with E-state index in [4.69, 9.17) is 16.7 Å².